The number of benzene rings is 2. The Labute approximate surface area is 239 Å². The van der Waals surface area contributed by atoms with Crippen LogP contribution in [0, 0.1) is 5.92 Å². The van der Waals surface area contributed by atoms with Gasteiger partial charge in [-0.2, -0.15) is 5.10 Å². The van der Waals surface area contributed by atoms with Crippen molar-refractivity contribution in [3.05, 3.63) is 96.5 Å². The molecule has 1 aliphatic rings. The molecule has 1 atom stereocenters. The monoisotopic (exact) mass is 609 g/mol. The van der Waals surface area contributed by atoms with Crippen LogP contribution in [0.2, 0.25) is 5.02 Å². The molecule has 4 aromatic rings. The standard InChI is InChI=1S/C29H29BrClN5O3/c1-16(2)11-20-14-33-36-25-15-34(28(38)19-7-10-23(30)24(31)13-19)17(3)12-22(25)29(39)35(27(20)36)21-8-5-18(6-9-21)26(37)32-4/h5-10,13-14,16-17H,11-12,15H2,1-4H3,(H,32,37)/t17-/m0/s1. The van der Waals surface area contributed by atoms with Crippen LogP contribution in [0.3, 0.4) is 0 Å². The minimum absolute atomic E-state index is 0.138. The van der Waals surface area contributed by atoms with E-state index in [9.17, 15) is 14.4 Å². The van der Waals surface area contributed by atoms with Gasteiger partial charge in [0.25, 0.3) is 17.4 Å². The quantitative estimate of drug-likeness (QED) is 0.343. The second kappa shape index (κ2) is 10.6. The average Bonchev–Trinajstić information content (AvgIpc) is 3.32. The third kappa shape index (κ3) is 4.89. The molecule has 1 N–H and O–H groups in total. The molecule has 8 nitrogen and oxygen atoms in total. The van der Waals surface area contributed by atoms with Gasteiger partial charge in [0.15, 0.2) is 0 Å². The second-order valence-corrected chi connectivity index (χ2v) is 11.6. The largest absolute Gasteiger partial charge is 0.355 e. The molecule has 202 valence electrons. The third-order valence-corrected chi connectivity index (χ3v) is 8.35. The lowest BCUT2D eigenvalue weighted by Gasteiger charge is -2.35. The van der Waals surface area contributed by atoms with Crippen LogP contribution in [-0.2, 0) is 19.4 Å². The first-order valence-electron chi connectivity index (χ1n) is 12.8. The van der Waals surface area contributed by atoms with E-state index in [-0.39, 0.29) is 30.0 Å². The Kier molecular flexibility index (Phi) is 7.39. The predicted molar refractivity (Wildman–Crippen MR) is 155 cm³/mol. The van der Waals surface area contributed by atoms with Crippen molar-refractivity contribution in [1.29, 1.82) is 0 Å². The van der Waals surface area contributed by atoms with Crippen LogP contribution in [0.25, 0.3) is 11.3 Å². The van der Waals surface area contributed by atoms with Crippen LogP contribution in [0.1, 0.15) is 58.3 Å². The van der Waals surface area contributed by atoms with Crippen LogP contribution in [-0.4, -0.2) is 44.0 Å². The number of hydrogen-bond acceptors (Lipinski definition) is 4. The number of halogens is 2. The van der Waals surface area contributed by atoms with Crippen molar-refractivity contribution in [2.75, 3.05) is 7.05 Å². The summed E-state index contributed by atoms with van der Waals surface area (Å²) in [4.78, 5) is 41.6. The van der Waals surface area contributed by atoms with E-state index in [1.807, 2.05) is 17.6 Å². The predicted octanol–water partition coefficient (Wildman–Crippen LogP) is 5.05. The number of nitrogens with zero attached hydrogens (tertiary/aromatic N) is 4. The van der Waals surface area contributed by atoms with Gasteiger partial charge < -0.3 is 10.2 Å². The molecule has 0 radical (unpaired) electrons. The molecule has 2 aromatic heterocycles. The molecule has 2 amide bonds. The fourth-order valence-corrected chi connectivity index (χ4v) is 5.61. The maximum atomic E-state index is 14.1. The summed E-state index contributed by atoms with van der Waals surface area (Å²) in [6.07, 6.45) is 2.92. The van der Waals surface area contributed by atoms with Gasteiger partial charge >= 0.3 is 0 Å². The van der Waals surface area contributed by atoms with Crippen molar-refractivity contribution < 1.29 is 9.59 Å². The van der Waals surface area contributed by atoms with Crippen molar-refractivity contribution in [2.24, 2.45) is 5.92 Å². The molecule has 0 bridgehead atoms. The first-order valence-corrected chi connectivity index (χ1v) is 14.0. The molecule has 39 heavy (non-hydrogen) atoms. The van der Waals surface area contributed by atoms with Gasteiger partial charge in [-0.1, -0.05) is 25.4 Å². The summed E-state index contributed by atoms with van der Waals surface area (Å²) < 4.78 is 4.22. The molecule has 0 fully saturated rings. The highest BCUT2D eigenvalue weighted by molar-refractivity contribution is 9.10. The summed E-state index contributed by atoms with van der Waals surface area (Å²) in [6.45, 7) is 6.43. The summed E-state index contributed by atoms with van der Waals surface area (Å²) in [5.74, 6) is -0.00679. The highest BCUT2D eigenvalue weighted by Crippen LogP contribution is 2.29. The van der Waals surface area contributed by atoms with Crippen molar-refractivity contribution in [1.82, 2.24) is 24.4 Å². The smallest absolute Gasteiger partial charge is 0.261 e. The van der Waals surface area contributed by atoms with E-state index >= 15 is 0 Å². The fourth-order valence-electron chi connectivity index (χ4n) is 5.18. The number of amides is 2. The Balaban J connectivity index is 1.66. The Hall–Kier alpha value is -3.43. The highest BCUT2D eigenvalue weighted by atomic mass is 79.9. The zero-order valence-corrected chi connectivity index (χ0v) is 24.5. The number of carbonyl (C=O) groups is 2. The molecule has 0 unspecified atom stereocenters. The first kappa shape index (κ1) is 27.1. The van der Waals surface area contributed by atoms with E-state index < -0.39 is 0 Å². The number of fused-ring (bicyclic) bond motifs is 3. The lowest BCUT2D eigenvalue weighted by Crippen LogP contribution is -2.46. The summed E-state index contributed by atoms with van der Waals surface area (Å²) in [6, 6.07) is 11.9. The Bertz CT molecular complexity index is 1660. The van der Waals surface area contributed by atoms with Crippen LogP contribution < -0.4 is 10.9 Å². The topological polar surface area (TPSA) is 88.7 Å². The van der Waals surface area contributed by atoms with E-state index in [0.29, 0.717) is 51.1 Å². The second-order valence-electron chi connectivity index (χ2n) is 10.3. The van der Waals surface area contributed by atoms with Crippen molar-refractivity contribution in [3.8, 4) is 5.69 Å². The summed E-state index contributed by atoms with van der Waals surface area (Å²) >= 11 is 9.65. The average molecular weight is 611 g/mol. The normalized spacial score (nSPS) is 15.1. The van der Waals surface area contributed by atoms with E-state index in [1.54, 1.807) is 59.0 Å². The third-order valence-electron chi connectivity index (χ3n) is 7.12. The van der Waals surface area contributed by atoms with E-state index in [1.165, 1.54) is 0 Å². The first-order chi connectivity index (χ1) is 18.6. The molecule has 0 spiro atoms. The lowest BCUT2D eigenvalue weighted by atomic mass is 9.98. The van der Waals surface area contributed by atoms with Gasteiger partial charge in [0, 0.05) is 39.8 Å². The van der Waals surface area contributed by atoms with Crippen LogP contribution in [0.5, 0.6) is 0 Å². The van der Waals surface area contributed by atoms with Crippen LogP contribution >= 0.6 is 27.5 Å². The minimum Gasteiger partial charge on any atom is -0.355 e. The van der Waals surface area contributed by atoms with Gasteiger partial charge in [-0.3, -0.25) is 19.0 Å². The number of rotatable bonds is 5. The molecule has 0 saturated heterocycles. The molecule has 0 saturated carbocycles. The lowest BCUT2D eigenvalue weighted by molar-refractivity contribution is 0.0651. The molecule has 0 aliphatic carbocycles. The molecule has 3 heterocycles. The van der Waals surface area contributed by atoms with Crippen molar-refractivity contribution in [3.63, 3.8) is 0 Å². The molecule has 1 aliphatic heterocycles. The summed E-state index contributed by atoms with van der Waals surface area (Å²) in [5, 5.41) is 7.80. The number of hydrogen-bond donors (Lipinski definition) is 1. The Morgan fingerprint density at radius 1 is 1.15 bits per heavy atom. The number of nitrogens with one attached hydrogen (secondary N) is 1. The number of aromatic nitrogens is 3. The molecular formula is C29H29BrClN5O3. The van der Waals surface area contributed by atoms with Gasteiger partial charge in [-0.15, -0.1) is 0 Å². The summed E-state index contributed by atoms with van der Waals surface area (Å²) in [7, 11) is 1.58. The van der Waals surface area contributed by atoms with Gasteiger partial charge in [-0.05, 0) is 84.1 Å². The minimum atomic E-state index is -0.215. The van der Waals surface area contributed by atoms with E-state index in [2.05, 4.69) is 35.1 Å². The van der Waals surface area contributed by atoms with Crippen molar-refractivity contribution in [2.45, 2.75) is 46.2 Å². The highest BCUT2D eigenvalue weighted by Gasteiger charge is 2.33. The molecule has 2 aromatic carbocycles. The maximum absolute atomic E-state index is 14.1. The van der Waals surface area contributed by atoms with E-state index in [0.717, 1.165) is 16.5 Å². The number of carbonyl (C=O) groups excluding carboxylic acids is 2. The van der Waals surface area contributed by atoms with Gasteiger partial charge in [0.1, 0.15) is 5.65 Å². The summed E-state index contributed by atoms with van der Waals surface area (Å²) in [5.41, 5.74) is 4.46. The molecule has 5 rings (SSSR count). The molecule has 10 heteroatoms. The van der Waals surface area contributed by atoms with Gasteiger partial charge in [-0.25, -0.2) is 4.52 Å². The maximum Gasteiger partial charge on any atom is 0.261 e. The van der Waals surface area contributed by atoms with Crippen LogP contribution in [0.15, 0.2) is 57.9 Å². The fraction of sp³-hybridized carbons (Fsp3) is 0.310. The zero-order valence-electron chi connectivity index (χ0n) is 22.2. The van der Waals surface area contributed by atoms with Gasteiger partial charge in [0.2, 0.25) is 0 Å². The SMILES string of the molecule is CNC(=O)c1ccc(-n2c(=O)c3c(n4ncc(CC(C)C)c24)CN(C(=O)c2ccc(Br)c(Cl)c2)[C@@H](C)C3)cc1. The van der Waals surface area contributed by atoms with Crippen LogP contribution in [0.4, 0.5) is 0 Å². The Morgan fingerprint density at radius 3 is 2.49 bits per heavy atom. The molecular weight excluding hydrogens is 582 g/mol. The zero-order chi connectivity index (χ0) is 28.0. The van der Waals surface area contributed by atoms with E-state index in [4.69, 9.17) is 16.7 Å². The van der Waals surface area contributed by atoms with Gasteiger partial charge in [0.05, 0.1) is 29.1 Å². The van der Waals surface area contributed by atoms with Crippen molar-refractivity contribution >= 4 is 45.0 Å². The Morgan fingerprint density at radius 2 is 1.85 bits per heavy atom.